The lowest BCUT2D eigenvalue weighted by Crippen LogP contribution is -2.22. The Hall–Kier alpha value is -0.0800. The third-order valence-electron chi connectivity index (χ3n) is 2.58. The van der Waals surface area contributed by atoms with Gasteiger partial charge in [0.1, 0.15) is 0 Å². The molecule has 2 nitrogen and oxygen atoms in total. The van der Waals surface area contributed by atoms with Crippen molar-refractivity contribution in [1.82, 2.24) is 10.2 Å². The van der Waals surface area contributed by atoms with Gasteiger partial charge in [-0.15, -0.1) is 0 Å². The van der Waals surface area contributed by atoms with Crippen LogP contribution in [0, 0.1) is 0 Å². The zero-order chi connectivity index (χ0) is 9.52. The van der Waals surface area contributed by atoms with Gasteiger partial charge >= 0.3 is 0 Å². The van der Waals surface area contributed by atoms with Crippen molar-refractivity contribution in [2.24, 2.45) is 0 Å². The normalized spacial score (nSPS) is 16.8. The van der Waals surface area contributed by atoms with Gasteiger partial charge in [-0.3, -0.25) is 0 Å². The Kier molecular flexibility index (Phi) is 5.40. The van der Waals surface area contributed by atoms with Gasteiger partial charge in [-0.2, -0.15) is 0 Å². The molecule has 0 amide bonds. The van der Waals surface area contributed by atoms with Crippen molar-refractivity contribution < 1.29 is 0 Å². The summed E-state index contributed by atoms with van der Waals surface area (Å²) in [6.07, 6.45) is 6.78. The van der Waals surface area contributed by atoms with E-state index < -0.39 is 0 Å². The second kappa shape index (κ2) is 6.39. The lowest BCUT2D eigenvalue weighted by molar-refractivity contribution is 0.325. The maximum absolute atomic E-state index is 3.54. The molecule has 1 saturated carbocycles. The zero-order valence-electron chi connectivity index (χ0n) is 9.18. The first-order chi connectivity index (χ1) is 6.33. The van der Waals surface area contributed by atoms with Crippen LogP contribution in [0.2, 0.25) is 0 Å². The van der Waals surface area contributed by atoms with Crippen molar-refractivity contribution in [3.63, 3.8) is 0 Å². The average molecular weight is 184 g/mol. The SMILES string of the molecule is CCCN(C)CCCCNC1CC1. The quantitative estimate of drug-likeness (QED) is 0.579. The third-order valence-corrected chi connectivity index (χ3v) is 2.58. The van der Waals surface area contributed by atoms with Crippen LogP contribution in [0.3, 0.4) is 0 Å². The summed E-state index contributed by atoms with van der Waals surface area (Å²) in [7, 11) is 2.22. The summed E-state index contributed by atoms with van der Waals surface area (Å²) in [5.41, 5.74) is 0. The summed E-state index contributed by atoms with van der Waals surface area (Å²) in [6, 6.07) is 0.883. The van der Waals surface area contributed by atoms with E-state index in [0.29, 0.717) is 0 Å². The molecule has 2 heteroatoms. The Bertz CT molecular complexity index is 121. The molecule has 0 spiro atoms. The number of hydrogen-bond donors (Lipinski definition) is 1. The molecule has 0 radical (unpaired) electrons. The molecular weight excluding hydrogens is 160 g/mol. The van der Waals surface area contributed by atoms with Crippen molar-refractivity contribution in [2.75, 3.05) is 26.7 Å². The number of nitrogens with zero attached hydrogens (tertiary/aromatic N) is 1. The molecule has 0 aromatic carbocycles. The lowest BCUT2D eigenvalue weighted by Gasteiger charge is -2.14. The highest BCUT2D eigenvalue weighted by molar-refractivity contribution is 4.80. The van der Waals surface area contributed by atoms with Crippen LogP contribution in [0.4, 0.5) is 0 Å². The van der Waals surface area contributed by atoms with Crippen molar-refractivity contribution >= 4 is 0 Å². The summed E-state index contributed by atoms with van der Waals surface area (Å²) in [6.45, 7) is 5.98. The molecule has 0 bridgehead atoms. The van der Waals surface area contributed by atoms with Gasteiger partial charge < -0.3 is 10.2 Å². The highest BCUT2D eigenvalue weighted by Crippen LogP contribution is 2.18. The van der Waals surface area contributed by atoms with Gasteiger partial charge in [0.25, 0.3) is 0 Å². The van der Waals surface area contributed by atoms with Crippen molar-refractivity contribution in [1.29, 1.82) is 0 Å². The smallest absolute Gasteiger partial charge is 0.00682 e. The summed E-state index contributed by atoms with van der Waals surface area (Å²) in [4.78, 5) is 2.43. The van der Waals surface area contributed by atoms with E-state index in [2.05, 4.69) is 24.2 Å². The van der Waals surface area contributed by atoms with E-state index in [9.17, 15) is 0 Å². The molecule has 13 heavy (non-hydrogen) atoms. The van der Waals surface area contributed by atoms with Gasteiger partial charge in [0, 0.05) is 6.04 Å². The minimum absolute atomic E-state index is 0.883. The summed E-state index contributed by atoms with van der Waals surface area (Å²) >= 11 is 0. The van der Waals surface area contributed by atoms with E-state index in [4.69, 9.17) is 0 Å². The second-order valence-electron chi connectivity index (χ2n) is 4.24. The van der Waals surface area contributed by atoms with Crippen LogP contribution in [0.25, 0.3) is 0 Å². The fourth-order valence-electron chi connectivity index (χ4n) is 1.59. The minimum atomic E-state index is 0.883. The van der Waals surface area contributed by atoms with E-state index >= 15 is 0 Å². The molecule has 1 fully saturated rings. The number of hydrogen-bond acceptors (Lipinski definition) is 2. The van der Waals surface area contributed by atoms with E-state index in [-0.39, 0.29) is 0 Å². The number of nitrogens with one attached hydrogen (secondary N) is 1. The van der Waals surface area contributed by atoms with Crippen LogP contribution in [0.5, 0.6) is 0 Å². The first-order valence-electron chi connectivity index (χ1n) is 5.75. The molecule has 78 valence electrons. The Balaban J connectivity index is 1.76. The van der Waals surface area contributed by atoms with Gasteiger partial charge in [0.15, 0.2) is 0 Å². The van der Waals surface area contributed by atoms with Crippen molar-refractivity contribution in [3.8, 4) is 0 Å². The Labute approximate surface area is 82.7 Å². The molecule has 0 atom stereocenters. The number of rotatable bonds is 8. The van der Waals surface area contributed by atoms with E-state index in [1.807, 2.05) is 0 Å². The van der Waals surface area contributed by atoms with Crippen LogP contribution in [0.1, 0.15) is 39.0 Å². The number of unbranched alkanes of at least 4 members (excludes halogenated alkanes) is 1. The van der Waals surface area contributed by atoms with Crippen molar-refractivity contribution in [3.05, 3.63) is 0 Å². The highest BCUT2D eigenvalue weighted by Gasteiger charge is 2.19. The molecule has 1 aliphatic carbocycles. The highest BCUT2D eigenvalue weighted by atomic mass is 15.1. The lowest BCUT2D eigenvalue weighted by atomic mass is 10.3. The van der Waals surface area contributed by atoms with E-state index in [1.165, 1.54) is 51.7 Å². The van der Waals surface area contributed by atoms with Crippen LogP contribution >= 0.6 is 0 Å². The summed E-state index contributed by atoms with van der Waals surface area (Å²) in [5, 5.41) is 3.54. The molecule has 0 aliphatic heterocycles. The third kappa shape index (κ3) is 6.05. The zero-order valence-corrected chi connectivity index (χ0v) is 9.18. The molecule has 0 aromatic heterocycles. The second-order valence-corrected chi connectivity index (χ2v) is 4.24. The topological polar surface area (TPSA) is 15.3 Å². The molecule has 1 aliphatic rings. The minimum Gasteiger partial charge on any atom is -0.314 e. The first-order valence-corrected chi connectivity index (χ1v) is 5.75. The Morgan fingerprint density at radius 1 is 1.23 bits per heavy atom. The molecular formula is C11H24N2. The van der Waals surface area contributed by atoms with Crippen molar-refractivity contribution in [2.45, 2.75) is 45.1 Å². The fourth-order valence-corrected chi connectivity index (χ4v) is 1.59. The maximum atomic E-state index is 3.54. The standard InChI is InChI=1S/C11H24N2/c1-3-9-13(2)10-5-4-8-12-11-6-7-11/h11-12H,3-10H2,1-2H3. The van der Waals surface area contributed by atoms with Gasteiger partial charge in [-0.1, -0.05) is 6.92 Å². The maximum Gasteiger partial charge on any atom is 0.00682 e. The molecule has 0 saturated heterocycles. The molecule has 1 N–H and O–H groups in total. The molecule has 0 unspecified atom stereocenters. The van der Waals surface area contributed by atoms with E-state index in [1.54, 1.807) is 0 Å². The van der Waals surface area contributed by atoms with Crippen LogP contribution in [-0.2, 0) is 0 Å². The summed E-state index contributed by atoms with van der Waals surface area (Å²) < 4.78 is 0. The largest absolute Gasteiger partial charge is 0.314 e. The Morgan fingerprint density at radius 3 is 2.62 bits per heavy atom. The van der Waals surface area contributed by atoms with Gasteiger partial charge in [0.05, 0.1) is 0 Å². The Morgan fingerprint density at radius 2 is 2.00 bits per heavy atom. The van der Waals surface area contributed by atoms with Gasteiger partial charge in [-0.25, -0.2) is 0 Å². The van der Waals surface area contributed by atoms with Crippen LogP contribution < -0.4 is 5.32 Å². The van der Waals surface area contributed by atoms with Gasteiger partial charge in [-0.05, 0) is 58.8 Å². The average Bonchev–Trinajstić information content (AvgIpc) is 2.88. The first kappa shape index (κ1) is 11.0. The van der Waals surface area contributed by atoms with E-state index in [0.717, 1.165) is 6.04 Å². The van der Waals surface area contributed by atoms with Crippen LogP contribution in [0.15, 0.2) is 0 Å². The molecule has 0 aromatic rings. The predicted octanol–water partition coefficient (Wildman–Crippen LogP) is 1.86. The molecule has 0 heterocycles. The van der Waals surface area contributed by atoms with Gasteiger partial charge in [0.2, 0.25) is 0 Å². The monoisotopic (exact) mass is 184 g/mol. The fraction of sp³-hybridized carbons (Fsp3) is 1.00. The van der Waals surface area contributed by atoms with Crippen LogP contribution in [-0.4, -0.2) is 37.6 Å². The predicted molar refractivity (Wildman–Crippen MR) is 58.0 cm³/mol. The molecule has 1 rings (SSSR count). The summed E-state index contributed by atoms with van der Waals surface area (Å²) in [5.74, 6) is 0.